The van der Waals surface area contributed by atoms with Gasteiger partial charge >= 0.3 is 0 Å². The van der Waals surface area contributed by atoms with Crippen molar-refractivity contribution >= 4 is 6.29 Å². The summed E-state index contributed by atoms with van der Waals surface area (Å²) in [6, 6.07) is 7.07. The molecule has 2 aromatic carbocycles. The van der Waals surface area contributed by atoms with E-state index in [2.05, 4.69) is 0 Å². The van der Waals surface area contributed by atoms with E-state index in [4.69, 9.17) is 0 Å². The molecule has 0 aliphatic rings. The van der Waals surface area contributed by atoms with Crippen molar-refractivity contribution in [2.45, 2.75) is 33.6 Å². The SMILES string of the molecule is Cc1cc(C(C=O)c2cc(C)c(O)cc2C)c(C)cc1O. The number of aryl methyl sites for hydroxylation is 4. The molecule has 2 N–H and O–H groups in total. The topological polar surface area (TPSA) is 57.5 Å². The third kappa shape index (κ3) is 2.77. The van der Waals surface area contributed by atoms with Crippen LogP contribution in [0.2, 0.25) is 0 Å². The summed E-state index contributed by atoms with van der Waals surface area (Å²) in [4.78, 5) is 11.7. The number of phenolic OH excluding ortho intramolecular Hbond substituents is 2. The molecule has 0 aliphatic carbocycles. The molecule has 0 spiro atoms. The summed E-state index contributed by atoms with van der Waals surface area (Å²) in [5, 5.41) is 19.5. The number of benzene rings is 2. The molecule has 3 heteroatoms. The molecule has 2 rings (SSSR count). The fraction of sp³-hybridized carbons (Fsp3) is 0.278. The van der Waals surface area contributed by atoms with Crippen molar-refractivity contribution in [1.82, 2.24) is 0 Å². The molecule has 0 fully saturated rings. The molecular formula is C18H20O3. The predicted molar refractivity (Wildman–Crippen MR) is 83.1 cm³/mol. The van der Waals surface area contributed by atoms with Crippen molar-refractivity contribution in [3.8, 4) is 11.5 Å². The second kappa shape index (κ2) is 5.60. The predicted octanol–water partition coefficient (Wildman–Crippen LogP) is 3.66. The van der Waals surface area contributed by atoms with E-state index >= 15 is 0 Å². The average molecular weight is 284 g/mol. The molecule has 0 saturated heterocycles. The molecule has 110 valence electrons. The normalized spacial score (nSPS) is 10.9. The molecular weight excluding hydrogens is 264 g/mol. The maximum atomic E-state index is 11.7. The Labute approximate surface area is 124 Å². The Balaban J connectivity index is 2.63. The highest BCUT2D eigenvalue weighted by Gasteiger charge is 2.19. The van der Waals surface area contributed by atoms with Crippen molar-refractivity contribution in [2.24, 2.45) is 0 Å². The van der Waals surface area contributed by atoms with Crippen LogP contribution in [0, 0.1) is 27.7 Å². The van der Waals surface area contributed by atoms with Gasteiger partial charge in [0.25, 0.3) is 0 Å². The third-order valence-corrected chi connectivity index (χ3v) is 3.98. The summed E-state index contributed by atoms with van der Waals surface area (Å²) in [5.74, 6) is 0.0719. The van der Waals surface area contributed by atoms with E-state index in [1.807, 2.05) is 39.8 Å². The number of aromatic hydroxyl groups is 2. The molecule has 0 bridgehead atoms. The van der Waals surface area contributed by atoms with E-state index in [-0.39, 0.29) is 11.5 Å². The van der Waals surface area contributed by atoms with E-state index in [9.17, 15) is 15.0 Å². The van der Waals surface area contributed by atoms with Crippen LogP contribution >= 0.6 is 0 Å². The molecule has 21 heavy (non-hydrogen) atoms. The first-order chi connectivity index (χ1) is 9.85. The summed E-state index contributed by atoms with van der Waals surface area (Å²) in [6.45, 7) is 7.39. The Morgan fingerprint density at radius 3 is 1.48 bits per heavy atom. The molecule has 2 aromatic rings. The Bertz CT molecular complexity index is 645. The van der Waals surface area contributed by atoms with Crippen LogP contribution in [0.5, 0.6) is 11.5 Å². The standard InChI is InChI=1S/C18H20O3/c1-10-7-17(20)12(3)5-14(10)16(9-19)15-6-13(4)18(21)8-11(15)2/h5-9,16,20-21H,1-4H3. The van der Waals surface area contributed by atoms with Crippen molar-refractivity contribution < 1.29 is 15.0 Å². The number of aldehydes is 1. The second-order valence-electron chi connectivity index (χ2n) is 5.60. The summed E-state index contributed by atoms with van der Waals surface area (Å²) in [5.41, 5.74) is 5.01. The zero-order chi connectivity index (χ0) is 15.7. The van der Waals surface area contributed by atoms with Gasteiger partial charge in [0.05, 0.1) is 5.92 Å². The molecule has 0 unspecified atom stereocenters. The minimum atomic E-state index is -0.399. The summed E-state index contributed by atoms with van der Waals surface area (Å²) in [7, 11) is 0. The Morgan fingerprint density at radius 2 is 1.14 bits per heavy atom. The van der Waals surface area contributed by atoms with Crippen LogP contribution in [0.15, 0.2) is 24.3 Å². The lowest BCUT2D eigenvalue weighted by molar-refractivity contribution is -0.108. The van der Waals surface area contributed by atoms with E-state index in [0.717, 1.165) is 39.7 Å². The molecule has 0 atom stereocenters. The maximum absolute atomic E-state index is 11.7. The van der Waals surface area contributed by atoms with Gasteiger partial charge in [-0.25, -0.2) is 0 Å². The summed E-state index contributed by atoms with van der Waals surface area (Å²) < 4.78 is 0. The third-order valence-electron chi connectivity index (χ3n) is 3.98. The van der Waals surface area contributed by atoms with Crippen LogP contribution in [0.1, 0.15) is 39.3 Å². The lowest BCUT2D eigenvalue weighted by Gasteiger charge is -2.19. The Morgan fingerprint density at radius 1 is 0.762 bits per heavy atom. The van der Waals surface area contributed by atoms with Crippen LogP contribution in [0.25, 0.3) is 0 Å². The molecule has 0 saturated carbocycles. The number of hydrogen-bond donors (Lipinski definition) is 2. The summed E-state index contributed by atoms with van der Waals surface area (Å²) >= 11 is 0. The van der Waals surface area contributed by atoms with Crippen LogP contribution in [0.4, 0.5) is 0 Å². The van der Waals surface area contributed by atoms with Gasteiger partial charge in [-0.1, -0.05) is 12.1 Å². The first kappa shape index (κ1) is 15.1. The minimum absolute atomic E-state index is 0.236. The van der Waals surface area contributed by atoms with Gasteiger partial charge in [-0.3, -0.25) is 0 Å². The molecule has 0 heterocycles. The fourth-order valence-corrected chi connectivity index (χ4v) is 2.63. The van der Waals surface area contributed by atoms with Gasteiger partial charge in [-0.15, -0.1) is 0 Å². The van der Waals surface area contributed by atoms with Gasteiger partial charge in [0.1, 0.15) is 17.8 Å². The van der Waals surface area contributed by atoms with Gasteiger partial charge in [-0.2, -0.15) is 0 Å². The van der Waals surface area contributed by atoms with Gasteiger partial charge in [0.2, 0.25) is 0 Å². The molecule has 0 aliphatic heterocycles. The van der Waals surface area contributed by atoms with Gasteiger partial charge in [-0.05, 0) is 73.2 Å². The van der Waals surface area contributed by atoms with Crippen molar-refractivity contribution in [3.63, 3.8) is 0 Å². The monoisotopic (exact) mass is 284 g/mol. The molecule has 0 radical (unpaired) electrons. The lowest BCUT2D eigenvalue weighted by atomic mass is 9.85. The quantitative estimate of drug-likeness (QED) is 0.846. The second-order valence-corrected chi connectivity index (χ2v) is 5.60. The number of phenols is 2. The lowest BCUT2D eigenvalue weighted by Crippen LogP contribution is -2.07. The first-order valence-corrected chi connectivity index (χ1v) is 6.90. The largest absolute Gasteiger partial charge is 0.508 e. The molecule has 3 nitrogen and oxygen atoms in total. The zero-order valence-corrected chi connectivity index (χ0v) is 12.8. The van der Waals surface area contributed by atoms with Gasteiger partial charge in [0.15, 0.2) is 0 Å². The van der Waals surface area contributed by atoms with E-state index in [0.29, 0.717) is 0 Å². The Kier molecular flexibility index (Phi) is 4.03. The Hall–Kier alpha value is -2.29. The average Bonchev–Trinajstić information content (AvgIpc) is 2.42. The van der Waals surface area contributed by atoms with Crippen LogP contribution < -0.4 is 0 Å². The summed E-state index contributed by atoms with van der Waals surface area (Å²) in [6.07, 6.45) is 0.914. The highest BCUT2D eigenvalue weighted by Crippen LogP contribution is 2.33. The van der Waals surface area contributed by atoms with E-state index in [1.54, 1.807) is 12.1 Å². The van der Waals surface area contributed by atoms with Crippen LogP contribution in [0.3, 0.4) is 0 Å². The first-order valence-electron chi connectivity index (χ1n) is 6.90. The van der Waals surface area contributed by atoms with E-state index < -0.39 is 5.92 Å². The van der Waals surface area contributed by atoms with Gasteiger partial charge < -0.3 is 15.0 Å². The molecule has 0 aromatic heterocycles. The van der Waals surface area contributed by atoms with Crippen molar-refractivity contribution in [3.05, 3.63) is 57.6 Å². The molecule has 0 amide bonds. The van der Waals surface area contributed by atoms with Crippen LogP contribution in [-0.4, -0.2) is 16.5 Å². The smallest absolute Gasteiger partial charge is 0.131 e. The van der Waals surface area contributed by atoms with Crippen molar-refractivity contribution in [1.29, 1.82) is 0 Å². The minimum Gasteiger partial charge on any atom is -0.508 e. The van der Waals surface area contributed by atoms with Crippen molar-refractivity contribution in [2.75, 3.05) is 0 Å². The maximum Gasteiger partial charge on any atom is 0.131 e. The highest BCUT2D eigenvalue weighted by molar-refractivity contribution is 5.71. The van der Waals surface area contributed by atoms with Crippen LogP contribution in [-0.2, 0) is 4.79 Å². The number of hydrogen-bond acceptors (Lipinski definition) is 3. The van der Waals surface area contributed by atoms with E-state index in [1.165, 1.54) is 0 Å². The number of rotatable bonds is 3. The fourth-order valence-electron chi connectivity index (χ4n) is 2.63. The zero-order valence-electron chi connectivity index (χ0n) is 12.8. The number of carbonyl (C=O) groups excluding carboxylic acids is 1. The number of carbonyl (C=O) groups is 1. The highest BCUT2D eigenvalue weighted by atomic mass is 16.3. The van der Waals surface area contributed by atoms with Gasteiger partial charge in [0, 0.05) is 0 Å².